The number of hydrogen-bond donors (Lipinski definition) is 2. The van der Waals surface area contributed by atoms with E-state index in [0.29, 0.717) is 19.1 Å². The molecule has 0 bridgehead atoms. The molecule has 106 valence electrons. The fraction of sp³-hybridized carbons (Fsp3) is 0.438. The number of ether oxygens (including phenoxy) is 1. The van der Waals surface area contributed by atoms with Crippen LogP contribution in [0.5, 0.6) is 0 Å². The van der Waals surface area contributed by atoms with Crippen molar-refractivity contribution in [3.63, 3.8) is 0 Å². The molecule has 1 aliphatic rings. The van der Waals surface area contributed by atoms with Gasteiger partial charge in [-0.3, -0.25) is 5.32 Å². The molecule has 4 nitrogen and oxygen atoms in total. The quantitative estimate of drug-likeness (QED) is 0.804. The van der Waals surface area contributed by atoms with Gasteiger partial charge >= 0.3 is 6.09 Å². The van der Waals surface area contributed by atoms with Crippen LogP contribution < -0.4 is 10.6 Å². The number of alkyl carbamates (subject to hydrolysis) is 1. The molecule has 2 N–H and O–H groups in total. The molecule has 0 saturated heterocycles. The average Bonchev–Trinajstić information content (AvgIpc) is 2.87. The van der Waals surface area contributed by atoms with E-state index in [1.54, 1.807) is 0 Å². The first-order chi connectivity index (χ1) is 9.74. The molecule has 1 unspecified atom stereocenters. The molecule has 1 aromatic rings. The van der Waals surface area contributed by atoms with Gasteiger partial charge in [-0.15, -0.1) is 6.42 Å². The number of rotatable bonds is 5. The van der Waals surface area contributed by atoms with Gasteiger partial charge in [0.2, 0.25) is 0 Å². The Morgan fingerprint density at radius 1 is 1.55 bits per heavy atom. The van der Waals surface area contributed by atoms with Crippen molar-refractivity contribution in [2.24, 2.45) is 0 Å². The Labute approximate surface area is 119 Å². The Hall–Kier alpha value is -1.99. The molecule has 0 spiro atoms. The predicted molar refractivity (Wildman–Crippen MR) is 78.5 cm³/mol. The minimum atomic E-state index is -0.385. The van der Waals surface area contributed by atoms with E-state index in [0.717, 1.165) is 19.3 Å². The highest BCUT2D eigenvalue weighted by Crippen LogP contribution is 2.31. The summed E-state index contributed by atoms with van der Waals surface area (Å²) in [6, 6.07) is 6.90. The zero-order valence-corrected chi connectivity index (χ0v) is 11.7. The van der Waals surface area contributed by atoms with Crippen molar-refractivity contribution < 1.29 is 9.53 Å². The molecule has 0 aromatic heterocycles. The molecule has 20 heavy (non-hydrogen) atoms. The molecular weight excluding hydrogens is 252 g/mol. The molecule has 0 fully saturated rings. The summed E-state index contributed by atoms with van der Waals surface area (Å²) in [6.45, 7) is 1.19. The number of hydrogen-bond acceptors (Lipinski definition) is 3. The van der Waals surface area contributed by atoms with Crippen LogP contribution in [0.2, 0.25) is 0 Å². The molecule has 0 saturated carbocycles. The Bertz CT molecular complexity index is 520. The highest BCUT2D eigenvalue weighted by atomic mass is 16.5. The van der Waals surface area contributed by atoms with Crippen molar-refractivity contribution in [1.29, 1.82) is 0 Å². The first-order valence-electron chi connectivity index (χ1n) is 6.85. The van der Waals surface area contributed by atoms with Gasteiger partial charge < -0.3 is 10.1 Å². The van der Waals surface area contributed by atoms with E-state index in [9.17, 15) is 4.79 Å². The fourth-order valence-corrected chi connectivity index (χ4v) is 2.60. The second-order valence-electron chi connectivity index (χ2n) is 4.88. The summed E-state index contributed by atoms with van der Waals surface area (Å²) in [5.74, 6) is 2.62. The number of aryl methyl sites for hydroxylation is 1. The number of terminal acetylenes is 1. The Kier molecular flexibility index (Phi) is 5.03. The van der Waals surface area contributed by atoms with Gasteiger partial charge in [0.25, 0.3) is 0 Å². The maximum Gasteiger partial charge on any atom is 0.406 e. The second-order valence-corrected chi connectivity index (χ2v) is 4.88. The van der Waals surface area contributed by atoms with Gasteiger partial charge in [0.15, 0.2) is 0 Å². The molecule has 0 heterocycles. The summed E-state index contributed by atoms with van der Waals surface area (Å²) >= 11 is 0. The fourth-order valence-electron chi connectivity index (χ4n) is 2.60. The summed E-state index contributed by atoms with van der Waals surface area (Å²) < 4.78 is 4.54. The molecule has 0 aliphatic heterocycles. The van der Waals surface area contributed by atoms with Gasteiger partial charge in [0.1, 0.15) is 0 Å². The summed E-state index contributed by atoms with van der Waals surface area (Å²) in [7, 11) is 1.37. The molecule has 4 heteroatoms. The maximum atomic E-state index is 11.0. The zero-order chi connectivity index (χ0) is 14.4. The Balaban J connectivity index is 1.92. The predicted octanol–water partition coefficient (Wildman–Crippen LogP) is 1.80. The lowest BCUT2D eigenvalue weighted by Crippen LogP contribution is -2.25. The smallest absolute Gasteiger partial charge is 0.406 e. The standard InChI is InChI=1S/C16H20N2O2/c1-3-9-17-15-7-5-13-11-12(4-6-14(13)15)8-10-18-16(19)20-2/h1,4,6,11,15,17H,5,7-10H2,2H3,(H,18,19). The second kappa shape index (κ2) is 6.97. The summed E-state index contributed by atoms with van der Waals surface area (Å²) in [5.41, 5.74) is 3.97. The minimum absolute atomic E-state index is 0.378. The third kappa shape index (κ3) is 3.52. The topological polar surface area (TPSA) is 50.4 Å². The lowest BCUT2D eigenvalue weighted by Gasteiger charge is -2.12. The normalized spacial score (nSPS) is 16.3. The van der Waals surface area contributed by atoms with E-state index in [-0.39, 0.29) is 6.09 Å². The Morgan fingerprint density at radius 3 is 3.15 bits per heavy atom. The van der Waals surface area contributed by atoms with Crippen molar-refractivity contribution in [3.8, 4) is 12.3 Å². The number of amides is 1. The van der Waals surface area contributed by atoms with Gasteiger partial charge in [0, 0.05) is 12.6 Å². The highest BCUT2D eigenvalue weighted by molar-refractivity contribution is 5.66. The summed E-state index contributed by atoms with van der Waals surface area (Å²) in [6.07, 6.45) is 7.89. The number of benzene rings is 1. The Morgan fingerprint density at radius 2 is 2.40 bits per heavy atom. The van der Waals surface area contributed by atoms with E-state index in [1.165, 1.54) is 23.8 Å². The number of fused-ring (bicyclic) bond motifs is 1. The van der Waals surface area contributed by atoms with Crippen molar-refractivity contribution in [2.75, 3.05) is 20.2 Å². The highest BCUT2D eigenvalue weighted by Gasteiger charge is 2.21. The van der Waals surface area contributed by atoms with Gasteiger partial charge in [-0.05, 0) is 36.0 Å². The molecule has 1 aliphatic carbocycles. The molecule has 2 rings (SSSR count). The number of methoxy groups -OCH3 is 1. The third-order valence-electron chi connectivity index (χ3n) is 3.60. The molecule has 0 radical (unpaired) electrons. The number of nitrogens with one attached hydrogen (secondary N) is 2. The van der Waals surface area contributed by atoms with Crippen LogP contribution in [-0.2, 0) is 17.6 Å². The van der Waals surface area contributed by atoms with Gasteiger partial charge in [-0.2, -0.15) is 0 Å². The van der Waals surface area contributed by atoms with E-state index in [2.05, 4.69) is 39.5 Å². The summed E-state index contributed by atoms with van der Waals surface area (Å²) in [5, 5.41) is 6.05. The molecule has 1 atom stereocenters. The first-order valence-corrected chi connectivity index (χ1v) is 6.85. The zero-order valence-electron chi connectivity index (χ0n) is 11.7. The van der Waals surface area contributed by atoms with E-state index < -0.39 is 0 Å². The van der Waals surface area contributed by atoms with Crippen LogP contribution in [-0.4, -0.2) is 26.3 Å². The number of carbonyl (C=O) groups is 1. The maximum absolute atomic E-state index is 11.0. The largest absolute Gasteiger partial charge is 0.453 e. The van der Waals surface area contributed by atoms with E-state index in [1.807, 2.05) is 0 Å². The SMILES string of the molecule is C#CCNC1CCc2cc(CCNC(=O)OC)ccc21. The van der Waals surface area contributed by atoms with Crippen LogP contribution in [0.4, 0.5) is 4.79 Å². The monoisotopic (exact) mass is 272 g/mol. The van der Waals surface area contributed by atoms with Crippen LogP contribution in [0.1, 0.15) is 29.2 Å². The van der Waals surface area contributed by atoms with E-state index >= 15 is 0 Å². The van der Waals surface area contributed by atoms with Gasteiger partial charge in [-0.1, -0.05) is 24.1 Å². The molecule has 1 aromatic carbocycles. The van der Waals surface area contributed by atoms with E-state index in [4.69, 9.17) is 6.42 Å². The minimum Gasteiger partial charge on any atom is -0.453 e. The van der Waals surface area contributed by atoms with Crippen molar-refractivity contribution in [3.05, 3.63) is 34.9 Å². The van der Waals surface area contributed by atoms with Crippen molar-refractivity contribution >= 4 is 6.09 Å². The lowest BCUT2D eigenvalue weighted by molar-refractivity contribution is 0.171. The van der Waals surface area contributed by atoms with Crippen molar-refractivity contribution in [2.45, 2.75) is 25.3 Å². The van der Waals surface area contributed by atoms with Crippen LogP contribution in [0.3, 0.4) is 0 Å². The molecule has 1 amide bonds. The van der Waals surface area contributed by atoms with Crippen molar-refractivity contribution in [1.82, 2.24) is 10.6 Å². The molecular formula is C16H20N2O2. The average molecular weight is 272 g/mol. The summed E-state index contributed by atoms with van der Waals surface area (Å²) in [4.78, 5) is 11.0. The lowest BCUT2D eigenvalue weighted by atomic mass is 10.0. The third-order valence-corrected chi connectivity index (χ3v) is 3.60. The van der Waals surface area contributed by atoms with Gasteiger partial charge in [-0.25, -0.2) is 4.79 Å². The number of carbonyl (C=O) groups excluding carboxylic acids is 1. The van der Waals surface area contributed by atoms with Crippen LogP contribution in [0, 0.1) is 12.3 Å². The van der Waals surface area contributed by atoms with Crippen LogP contribution >= 0.6 is 0 Å². The van der Waals surface area contributed by atoms with Crippen LogP contribution in [0.25, 0.3) is 0 Å². The van der Waals surface area contributed by atoms with Crippen LogP contribution in [0.15, 0.2) is 18.2 Å². The first kappa shape index (κ1) is 14.4. The van der Waals surface area contributed by atoms with Gasteiger partial charge in [0.05, 0.1) is 13.7 Å².